The van der Waals surface area contributed by atoms with Gasteiger partial charge in [-0.05, 0) is 55.3 Å². The standard InChI is InChI=1S/C30H30F4N8O/c31-23-2-1-3-24(32)22(23)15-41-14-19(4-7-27(41)29(43)42-16-30(33,34)17-42)26(40-37)13-39-20-5-6-25(35)21(12-20)28(36)18-8-10-38-11-9-18/h1-3,5-6,8-13,19,27,36-37,39H,4,7,14-17,35H2/b26-13-,36-28?,40-37?/t19?,27-/m0/s1. The van der Waals surface area contributed by atoms with Crippen LogP contribution in [0.1, 0.15) is 29.5 Å². The van der Waals surface area contributed by atoms with Crippen molar-refractivity contribution < 1.29 is 22.4 Å². The fraction of sp³-hybridized carbons (Fsp3) is 0.300. The van der Waals surface area contributed by atoms with Crippen LogP contribution < -0.4 is 11.1 Å². The van der Waals surface area contributed by atoms with Crippen LogP contribution in [0.5, 0.6) is 0 Å². The molecular weight excluding hydrogens is 564 g/mol. The van der Waals surface area contributed by atoms with Gasteiger partial charge in [0.25, 0.3) is 5.92 Å². The van der Waals surface area contributed by atoms with Crippen LogP contribution in [0.2, 0.25) is 0 Å². The van der Waals surface area contributed by atoms with Crippen molar-refractivity contribution in [3.05, 3.63) is 101 Å². The van der Waals surface area contributed by atoms with Gasteiger partial charge in [-0.3, -0.25) is 20.1 Å². The smallest absolute Gasteiger partial charge is 0.282 e. The number of anilines is 2. The van der Waals surface area contributed by atoms with E-state index in [1.165, 1.54) is 12.3 Å². The highest BCUT2D eigenvalue weighted by atomic mass is 19.3. The first kappa shape index (κ1) is 29.8. The van der Waals surface area contributed by atoms with Gasteiger partial charge in [0, 0.05) is 65.7 Å². The lowest BCUT2D eigenvalue weighted by Crippen LogP contribution is -2.63. The van der Waals surface area contributed by atoms with Gasteiger partial charge in [0.1, 0.15) is 11.6 Å². The molecule has 0 aliphatic carbocycles. The fourth-order valence-electron chi connectivity index (χ4n) is 5.44. The molecular formula is C30H30F4N8O. The van der Waals surface area contributed by atoms with E-state index in [0.29, 0.717) is 34.6 Å². The summed E-state index contributed by atoms with van der Waals surface area (Å²) in [7, 11) is 0. The number of nitrogens with zero attached hydrogens (tertiary/aromatic N) is 4. The number of carbonyl (C=O) groups is 1. The Morgan fingerprint density at radius 1 is 1.12 bits per heavy atom. The SMILES string of the molecule is N=N/C(=C\Nc1ccc(N)c(C(=N)c2ccncc2)c1)C1CC[C@@H](C(=O)N2CC(F)(F)C2)N(Cc2c(F)cccc2F)C1. The van der Waals surface area contributed by atoms with Gasteiger partial charge < -0.3 is 16.0 Å². The van der Waals surface area contributed by atoms with Crippen molar-refractivity contribution in [3.8, 4) is 0 Å². The molecule has 5 N–H and O–H groups in total. The van der Waals surface area contributed by atoms with E-state index in [9.17, 15) is 22.4 Å². The van der Waals surface area contributed by atoms with E-state index >= 15 is 0 Å². The topological polar surface area (TPSA) is 135 Å². The van der Waals surface area contributed by atoms with E-state index in [1.807, 2.05) is 0 Å². The molecule has 1 aromatic heterocycles. The van der Waals surface area contributed by atoms with Crippen LogP contribution in [0.25, 0.3) is 0 Å². The number of pyridine rings is 1. The van der Waals surface area contributed by atoms with E-state index in [1.54, 1.807) is 47.6 Å². The van der Waals surface area contributed by atoms with Crippen molar-refractivity contribution in [2.45, 2.75) is 31.4 Å². The molecule has 2 aliphatic rings. The number of aromatic nitrogens is 1. The molecule has 13 heteroatoms. The zero-order valence-corrected chi connectivity index (χ0v) is 23.0. The number of carbonyl (C=O) groups excluding carboxylic acids is 1. The van der Waals surface area contributed by atoms with Crippen LogP contribution in [-0.4, -0.2) is 58.0 Å². The minimum atomic E-state index is -2.94. The lowest BCUT2D eigenvalue weighted by Gasteiger charge is -2.45. The Hall–Kier alpha value is -4.65. The molecule has 1 unspecified atom stereocenters. The maximum atomic E-state index is 14.6. The van der Waals surface area contributed by atoms with Crippen LogP contribution in [0, 0.1) is 28.5 Å². The number of piperidine rings is 1. The summed E-state index contributed by atoms with van der Waals surface area (Å²) >= 11 is 0. The molecule has 5 rings (SSSR count). The van der Waals surface area contributed by atoms with Crippen molar-refractivity contribution in [1.29, 1.82) is 10.9 Å². The Morgan fingerprint density at radius 2 is 1.81 bits per heavy atom. The van der Waals surface area contributed by atoms with E-state index in [0.717, 1.165) is 17.0 Å². The number of nitrogens with two attached hydrogens (primary N) is 1. The highest BCUT2D eigenvalue weighted by molar-refractivity contribution is 6.14. The van der Waals surface area contributed by atoms with Gasteiger partial charge in [0.15, 0.2) is 0 Å². The van der Waals surface area contributed by atoms with Gasteiger partial charge in [-0.25, -0.2) is 23.1 Å². The second kappa shape index (κ2) is 12.3. The van der Waals surface area contributed by atoms with Crippen LogP contribution in [0.3, 0.4) is 0 Å². The molecule has 3 heterocycles. The van der Waals surface area contributed by atoms with E-state index < -0.39 is 48.5 Å². The quantitative estimate of drug-likeness (QED) is 0.114. The Morgan fingerprint density at radius 3 is 2.47 bits per heavy atom. The molecule has 9 nitrogen and oxygen atoms in total. The summed E-state index contributed by atoms with van der Waals surface area (Å²) in [5.41, 5.74) is 16.4. The van der Waals surface area contributed by atoms with Crippen LogP contribution in [0.15, 0.2) is 77.9 Å². The van der Waals surface area contributed by atoms with E-state index in [2.05, 4.69) is 15.4 Å². The Balaban J connectivity index is 1.35. The summed E-state index contributed by atoms with van der Waals surface area (Å²) in [6.07, 6.45) is 5.31. The Kier molecular flexibility index (Phi) is 8.53. The number of likely N-dealkylation sites (tertiary alicyclic amines) is 2. The second-order valence-corrected chi connectivity index (χ2v) is 10.7. The van der Waals surface area contributed by atoms with Crippen molar-refractivity contribution in [3.63, 3.8) is 0 Å². The Labute approximate surface area is 245 Å². The van der Waals surface area contributed by atoms with Gasteiger partial charge in [0.05, 0.1) is 30.5 Å². The molecule has 2 saturated heterocycles. The highest BCUT2D eigenvalue weighted by Gasteiger charge is 2.49. The molecule has 2 atom stereocenters. The summed E-state index contributed by atoms with van der Waals surface area (Å²) < 4.78 is 56.2. The second-order valence-electron chi connectivity index (χ2n) is 10.7. The number of nitrogen functional groups attached to an aromatic ring is 1. The fourth-order valence-corrected chi connectivity index (χ4v) is 5.44. The first-order valence-corrected chi connectivity index (χ1v) is 13.6. The first-order chi connectivity index (χ1) is 20.6. The predicted octanol–water partition coefficient (Wildman–Crippen LogP) is 5.40. The number of halogens is 4. The number of benzene rings is 2. The lowest BCUT2D eigenvalue weighted by molar-refractivity contribution is -0.172. The van der Waals surface area contributed by atoms with Crippen molar-refractivity contribution >= 4 is 23.0 Å². The molecule has 224 valence electrons. The van der Waals surface area contributed by atoms with Crippen LogP contribution >= 0.6 is 0 Å². The maximum absolute atomic E-state index is 14.6. The molecule has 2 aliphatic heterocycles. The molecule has 1 amide bonds. The summed E-state index contributed by atoms with van der Waals surface area (Å²) in [5, 5.41) is 15.3. The molecule has 0 spiro atoms. The number of hydrogen-bond donors (Lipinski definition) is 4. The summed E-state index contributed by atoms with van der Waals surface area (Å²) in [6, 6.07) is 11.1. The van der Waals surface area contributed by atoms with Gasteiger partial charge in [-0.1, -0.05) is 6.07 Å². The minimum absolute atomic E-state index is 0.115. The van der Waals surface area contributed by atoms with Gasteiger partial charge in [0.2, 0.25) is 5.91 Å². The van der Waals surface area contributed by atoms with Crippen molar-refractivity contribution in [2.75, 3.05) is 30.7 Å². The number of amides is 1. The van der Waals surface area contributed by atoms with Crippen molar-refractivity contribution in [1.82, 2.24) is 14.8 Å². The monoisotopic (exact) mass is 594 g/mol. The minimum Gasteiger partial charge on any atom is -0.398 e. The molecule has 0 saturated carbocycles. The first-order valence-electron chi connectivity index (χ1n) is 13.6. The van der Waals surface area contributed by atoms with Gasteiger partial charge in [-0.2, -0.15) is 5.11 Å². The highest BCUT2D eigenvalue weighted by Crippen LogP contribution is 2.34. The van der Waals surface area contributed by atoms with E-state index in [-0.39, 0.29) is 30.8 Å². The van der Waals surface area contributed by atoms with Crippen LogP contribution in [-0.2, 0) is 11.3 Å². The third-order valence-corrected chi connectivity index (χ3v) is 7.77. The Bertz CT molecular complexity index is 1540. The molecule has 43 heavy (non-hydrogen) atoms. The molecule has 0 radical (unpaired) electrons. The largest absolute Gasteiger partial charge is 0.398 e. The van der Waals surface area contributed by atoms with Crippen molar-refractivity contribution in [2.24, 2.45) is 11.0 Å². The summed E-state index contributed by atoms with van der Waals surface area (Å²) in [6.45, 7) is -1.52. The van der Waals surface area contributed by atoms with Gasteiger partial charge >= 0.3 is 0 Å². The average molecular weight is 595 g/mol. The predicted molar refractivity (Wildman–Crippen MR) is 153 cm³/mol. The molecule has 3 aromatic rings. The summed E-state index contributed by atoms with van der Waals surface area (Å²) in [4.78, 5) is 19.8. The summed E-state index contributed by atoms with van der Waals surface area (Å²) in [5.74, 6) is -5.41. The normalized spacial score (nSPS) is 20.3. The van der Waals surface area contributed by atoms with Crippen LogP contribution in [0.4, 0.5) is 28.9 Å². The zero-order chi connectivity index (χ0) is 30.7. The molecule has 0 bridgehead atoms. The number of alkyl halides is 2. The zero-order valence-electron chi connectivity index (χ0n) is 23.0. The molecule has 2 aromatic carbocycles. The maximum Gasteiger partial charge on any atom is 0.282 e. The van der Waals surface area contributed by atoms with Gasteiger partial charge in [-0.15, -0.1) is 0 Å². The van der Waals surface area contributed by atoms with E-state index in [4.69, 9.17) is 16.7 Å². The molecule has 2 fully saturated rings. The number of nitrogens with one attached hydrogen (secondary N) is 3. The average Bonchev–Trinajstić information content (AvgIpc) is 2.98. The third kappa shape index (κ3) is 6.56. The number of rotatable bonds is 9. The lowest BCUT2D eigenvalue weighted by atomic mass is 9.88. The number of hydrogen-bond acceptors (Lipinski definition) is 8. The third-order valence-electron chi connectivity index (χ3n) is 7.77.